The van der Waals surface area contributed by atoms with E-state index in [0.29, 0.717) is 10.7 Å². The number of nitrogen functional groups attached to an aromatic ring is 1. The van der Waals surface area contributed by atoms with Crippen LogP contribution in [-0.2, 0) is 7.05 Å². The van der Waals surface area contributed by atoms with Gasteiger partial charge in [0.05, 0.1) is 16.1 Å². The fraction of sp³-hybridized carbons (Fsp3) is 0.133. The van der Waals surface area contributed by atoms with E-state index in [0.717, 1.165) is 22.4 Å². The smallest absolute Gasteiger partial charge is 0.142 e. The van der Waals surface area contributed by atoms with E-state index < -0.39 is 0 Å². The molecule has 96 valence electrons. The molecule has 0 aliphatic carbocycles. The van der Waals surface area contributed by atoms with Gasteiger partial charge in [-0.3, -0.25) is 0 Å². The molecule has 0 fully saturated rings. The molecule has 0 radical (unpaired) electrons. The number of rotatable bonds is 1. The first-order chi connectivity index (χ1) is 9.06. The minimum Gasteiger partial charge on any atom is -0.399 e. The maximum Gasteiger partial charge on any atom is 0.142 e. The number of aromatic nitrogens is 2. The molecule has 3 nitrogen and oxygen atoms in total. The molecule has 4 heteroatoms. The first-order valence-corrected chi connectivity index (χ1v) is 6.42. The summed E-state index contributed by atoms with van der Waals surface area (Å²) >= 11 is 6.26. The highest BCUT2D eigenvalue weighted by Gasteiger charge is 2.12. The molecule has 0 unspecified atom stereocenters. The van der Waals surface area contributed by atoms with Crippen molar-refractivity contribution in [3.8, 4) is 11.4 Å². The Bertz CT molecular complexity index is 774. The van der Waals surface area contributed by atoms with Crippen molar-refractivity contribution in [2.75, 3.05) is 5.73 Å². The van der Waals surface area contributed by atoms with E-state index in [9.17, 15) is 0 Å². The van der Waals surface area contributed by atoms with Gasteiger partial charge in [0.25, 0.3) is 0 Å². The minimum absolute atomic E-state index is 0.620. The summed E-state index contributed by atoms with van der Waals surface area (Å²) in [5.74, 6) is 0.852. The molecule has 3 rings (SSSR count). The van der Waals surface area contributed by atoms with E-state index in [2.05, 4.69) is 30.1 Å². The average Bonchev–Trinajstić information content (AvgIpc) is 2.66. The number of nitrogens with zero attached hydrogens (tertiary/aromatic N) is 2. The van der Waals surface area contributed by atoms with Gasteiger partial charge in [0.1, 0.15) is 5.82 Å². The highest BCUT2D eigenvalue weighted by atomic mass is 35.5. The maximum atomic E-state index is 6.26. The van der Waals surface area contributed by atoms with Crippen LogP contribution in [0.3, 0.4) is 0 Å². The molecule has 0 atom stereocenters. The zero-order valence-corrected chi connectivity index (χ0v) is 11.6. The van der Waals surface area contributed by atoms with Crippen molar-refractivity contribution in [2.45, 2.75) is 6.92 Å². The molecule has 0 amide bonds. The lowest BCUT2D eigenvalue weighted by Gasteiger charge is -2.05. The molecule has 0 saturated heterocycles. The molecule has 1 heterocycles. The number of hydrogen-bond acceptors (Lipinski definition) is 2. The second kappa shape index (κ2) is 4.28. The van der Waals surface area contributed by atoms with Crippen LogP contribution in [0.2, 0.25) is 5.02 Å². The molecule has 2 N–H and O–H groups in total. The predicted octanol–water partition coefficient (Wildman–Crippen LogP) is 3.78. The quantitative estimate of drug-likeness (QED) is 0.685. The van der Waals surface area contributed by atoms with Gasteiger partial charge >= 0.3 is 0 Å². The highest BCUT2D eigenvalue weighted by Crippen LogP contribution is 2.31. The van der Waals surface area contributed by atoms with E-state index in [1.54, 1.807) is 6.07 Å². The summed E-state index contributed by atoms with van der Waals surface area (Å²) in [7, 11) is 1.99. The summed E-state index contributed by atoms with van der Waals surface area (Å²) in [6, 6.07) is 11.7. The van der Waals surface area contributed by atoms with Crippen LogP contribution < -0.4 is 5.73 Å². The van der Waals surface area contributed by atoms with Crippen LogP contribution in [0.25, 0.3) is 22.4 Å². The van der Waals surface area contributed by atoms with E-state index in [1.165, 1.54) is 5.56 Å². The van der Waals surface area contributed by atoms with E-state index in [4.69, 9.17) is 17.3 Å². The van der Waals surface area contributed by atoms with Gasteiger partial charge < -0.3 is 10.3 Å². The van der Waals surface area contributed by atoms with Gasteiger partial charge in [0, 0.05) is 18.3 Å². The zero-order valence-electron chi connectivity index (χ0n) is 10.8. The van der Waals surface area contributed by atoms with Gasteiger partial charge in [-0.1, -0.05) is 17.7 Å². The summed E-state index contributed by atoms with van der Waals surface area (Å²) in [6.45, 7) is 2.06. The minimum atomic E-state index is 0.620. The average molecular weight is 272 g/mol. The molecular weight excluding hydrogens is 258 g/mol. The van der Waals surface area contributed by atoms with Crippen LogP contribution in [0.1, 0.15) is 5.56 Å². The van der Waals surface area contributed by atoms with Crippen molar-refractivity contribution in [1.29, 1.82) is 0 Å². The molecular formula is C15H14ClN3. The Labute approximate surface area is 116 Å². The molecule has 0 saturated carbocycles. The van der Waals surface area contributed by atoms with E-state index in [1.807, 2.05) is 23.7 Å². The van der Waals surface area contributed by atoms with Gasteiger partial charge in [0.15, 0.2) is 0 Å². The lowest BCUT2D eigenvalue weighted by Crippen LogP contribution is -1.94. The summed E-state index contributed by atoms with van der Waals surface area (Å²) in [6.07, 6.45) is 0. The molecule has 2 aromatic carbocycles. The number of aryl methyl sites for hydroxylation is 2. The first kappa shape index (κ1) is 12.1. The Morgan fingerprint density at radius 1 is 1.16 bits per heavy atom. The van der Waals surface area contributed by atoms with Crippen molar-refractivity contribution in [2.24, 2.45) is 7.05 Å². The topological polar surface area (TPSA) is 43.8 Å². The van der Waals surface area contributed by atoms with E-state index >= 15 is 0 Å². The molecule has 0 bridgehead atoms. The van der Waals surface area contributed by atoms with Crippen LogP contribution in [-0.4, -0.2) is 9.55 Å². The highest BCUT2D eigenvalue weighted by molar-refractivity contribution is 6.33. The van der Waals surface area contributed by atoms with Gasteiger partial charge in [-0.15, -0.1) is 0 Å². The van der Waals surface area contributed by atoms with Crippen LogP contribution >= 0.6 is 11.6 Å². The fourth-order valence-electron chi connectivity index (χ4n) is 2.26. The van der Waals surface area contributed by atoms with Crippen LogP contribution in [0.4, 0.5) is 5.69 Å². The van der Waals surface area contributed by atoms with Crippen molar-refractivity contribution >= 4 is 28.3 Å². The normalized spacial score (nSPS) is 11.1. The predicted molar refractivity (Wildman–Crippen MR) is 80.3 cm³/mol. The monoisotopic (exact) mass is 271 g/mol. The number of hydrogen-bond donors (Lipinski definition) is 1. The summed E-state index contributed by atoms with van der Waals surface area (Å²) < 4.78 is 2.05. The largest absolute Gasteiger partial charge is 0.399 e. The number of nitrogens with two attached hydrogens (primary N) is 1. The Morgan fingerprint density at radius 3 is 2.68 bits per heavy atom. The molecule has 0 aliphatic rings. The van der Waals surface area contributed by atoms with Crippen molar-refractivity contribution in [3.63, 3.8) is 0 Å². The standard InChI is InChI=1S/C15H14ClN3/c1-9-3-6-14-13(7-9)18-15(19(14)2)11-5-4-10(17)8-12(11)16/h3-8H,17H2,1-2H3. The lowest BCUT2D eigenvalue weighted by atomic mass is 10.2. The summed E-state index contributed by atoms with van der Waals surface area (Å²) in [5.41, 5.74) is 10.5. The van der Waals surface area contributed by atoms with Gasteiger partial charge in [-0.2, -0.15) is 0 Å². The molecule has 0 spiro atoms. The van der Waals surface area contributed by atoms with E-state index in [-0.39, 0.29) is 0 Å². The summed E-state index contributed by atoms with van der Waals surface area (Å²) in [5, 5.41) is 0.620. The van der Waals surface area contributed by atoms with Gasteiger partial charge in [0.2, 0.25) is 0 Å². The van der Waals surface area contributed by atoms with Crippen molar-refractivity contribution in [1.82, 2.24) is 9.55 Å². The van der Waals surface area contributed by atoms with Crippen LogP contribution in [0.5, 0.6) is 0 Å². The SMILES string of the molecule is Cc1ccc2c(c1)nc(-c1ccc(N)cc1Cl)n2C. The third-order valence-corrected chi connectivity index (χ3v) is 3.58. The van der Waals surface area contributed by atoms with Gasteiger partial charge in [-0.25, -0.2) is 4.98 Å². The van der Waals surface area contributed by atoms with Crippen molar-refractivity contribution in [3.05, 3.63) is 47.0 Å². The molecule has 19 heavy (non-hydrogen) atoms. The van der Waals surface area contributed by atoms with Crippen LogP contribution in [0, 0.1) is 6.92 Å². The number of benzene rings is 2. The fourth-order valence-corrected chi connectivity index (χ4v) is 2.54. The lowest BCUT2D eigenvalue weighted by molar-refractivity contribution is 0.959. The van der Waals surface area contributed by atoms with Gasteiger partial charge in [-0.05, 0) is 42.8 Å². The first-order valence-electron chi connectivity index (χ1n) is 6.05. The number of halogens is 1. The molecule has 0 aliphatic heterocycles. The zero-order chi connectivity index (χ0) is 13.6. The Hall–Kier alpha value is -2.00. The third-order valence-electron chi connectivity index (χ3n) is 3.27. The number of fused-ring (bicyclic) bond motifs is 1. The number of anilines is 1. The second-order valence-corrected chi connectivity index (χ2v) is 5.13. The number of imidazole rings is 1. The second-order valence-electron chi connectivity index (χ2n) is 4.73. The summed E-state index contributed by atoms with van der Waals surface area (Å²) in [4.78, 5) is 4.67. The Kier molecular flexibility index (Phi) is 2.72. The third kappa shape index (κ3) is 1.96. The Morgan fingerprint density at radius 2 is 1.95 bits per heavy atom. The van der Waals surface area contributed by atoms with Crippen LogP contribution in [0.15, 0.2) is 36.4 Å². The Balaban J connectivity index is 2.27. The molecule has 3 aromatic rings. The van der Waals surface area contributed by atoms with Crippen molar-refractivity contribution < 1.29 is 0 Å². The molecule has 1 aromatic heterocycles. The maximum absolute atomic E-state index is 6.26.